The van der Waals surface area contributed by atoms with Gasteiger partial charge in [-0.3, -0.25) is 9.69 Å². The SMILES string of the molecule is O=C(Nc1cc(F)c(F)c(F)c1)c1ccc(Cl)c(S(=O)(=O)C2CC3CCC(C2)N3C[C@H](O)CO)c1. The summed E-state index contributed by atoms with van der Waals surface area (Å²) in [6.07, 6.45) is 1.28. The van der Waals surface area contributed by atoms with Gasteiger partial charge in [0, 0.05) is 42.0 Å². The lowest BCUT2D eigenvalue weighted by atomic mass is 10.0. The van der Waals surface area contributed by atoms with Crippen LogP contribution >= 0.6 is 11.6 Å². The molecule has 2 saturated heterocycles. The Balaban J connectivity index is 1.55. The fraction of sp³-hybridized carbons (Fsp3) is 0.435. The van der Waals surface area contributed by atoms with Gasteiger partial charge in [0.05, 0.1) is 27.9 Å². The molecule has 190 valence electrons. The molecule has 0 spiro atoms. The number of anilines is 1. The van der Waals surface area contributed by atoms with Gasteiger partial charge >= 0.3 is 0 Å². The number of hydrogen-bond acceptors (Lipinski definition) is 6. The fourth-order valence-corrected chi connectivity index (χ4v) is 7.33. The second kappa shape index (κ2) is 10.1. The monoisotopic (exact) mass is 532 g/mol. The van der Waals surface area contributed by atoms with Crippen molar-refractivity contribution in [2.24, 2.45) is 0 Å². The molecule has 2 aromatic carbocycles. The molecule has 0 saturated carbocycles. The normalized spacial score (nSPS) is 23.3. The summed E-state index contributed by atoms with van der Waals surface area (Å²) < 4.78 is 67.1. The Morgan fingerprint density at radius 1 is 1.11 bits per heavy atom. The summed E-state index contributed by atoms with van der Waals surface area (Å²) in [6, 6.07) is 4.74. The van der Waals surface area contributed by atoms with Gasteiger partial charge in [-0.15, -0.1) is 0 Å². The third-order valence-corrected chi connectivity index (χ3v) is 9.31. The van der Waals surface area contributed by atoms with E-state index in [-0.39, 0.29) is 46.4 Å². The summed E-state index contributed by atoms with van der Waals surface area (Å²) in [5.74, 6) is -5.48. The summed E-state index contributed by atoms with van der Waals surface area (Å²) in [6.45, 7) is -0.112. The van der Waals surface area contributed by atoms with Crippen LogP contribution in [0.3, 0.4) is 0 Å². The average molecular weight is 533 g/mol. The Kier molecular flexibility index (Phi) is 7.44. The maximum absolute atomic E-state index is 13.5. The van der Waals surface area contributed by atoms with E-state index >= 15 is 0 Å². The number of benzene rings is 2. The molecule has 2 unspecified atom stereocenters. The fourth-order valence-electron chi connectivity index (χ4n) is 4.95. The van der Waals surface area contributed by atoms with Crippen LogP contribution < -0.4 is 5.32 Å². The molecule has 7 nitrogen and oxygen atoms in total. The summed E-state index contributed by atoms with van der Waals surface area (Å²) in [5.41, 5.74) is -0.440. The molecular weight excluding hydrogens is 509 g/mol. The highest BCUT2D eigenvalue weighted by atomic mass is 35.5. The second-order valence-corrected chi connectivity index (χ2v) is 11.5. The van der Waals surface area contributed by atoms with Gasteiger partial charge in [-0.05, 0) is 43.9 Å². The van der Waals surface area contributed by atoms with Gasteiger partial charge in [-0.25, -0.2) is 21.6 Å². The van der Waals surface area contributed by atoms with Crippen LogP contribution in [-0.2, 0) is 9.84 Å². The topological polar surface area (TPSA) is 107 Å². The van der Waals surface area contributed by atoms with Crippen molar-refractivity contribution in [1.29, 1.82) is 0 Å². The van der Waals surface area contributed by atoms with Crippen LogP contribution in [0.5, 0.6) is 0 Å². The Bertz CT molecular complexity index is 1210. The Hall–Kier alpha value is -2.18. The van der Waals surface area contributed by atoms with E-state index in [1.807, 2.05) is 4.90 Å². The van der Waals surface area contributed by atoms with Crippen molar-refractivity contribution in [3.05, 3.63) is 58.4 Å². The van der Waals surface area contributed by atoms with Gasteiger partial charge in [-0.2, -0.15) is 0 Å². The summed E-state index contributed by atoms with van der Waals surface area (Å²) in [4.78, 5) is 14.5. The average Bonchev–Trinajstić information content (AvgIpc) is 3.03. The van der Waals surface area contributed by atoms with E-state index in [0.29, 0.717) is 25.0 Å². The zero-order valence-corrected chi connectivity index (χ0v) is 20.0. The molecular formula is C23H24ClF3N2O5S. The van der Waals surface area contributed by atoms with E-state index in [1.54, 1.807) is 0 Å². The first-order valence-electron chi connectivity index (χ1n) is 11.0. The van der Waals surface area contributed by atoms with Crippen molar-refractivity contribution in [2.75, 3.05) is 18.5 Å². The van der Waals surface area contributed by atoms with E-state index in [9.17, 15) is 31.5 Å². The van der Waals surface area contributed by atoms with E-state index < -0.39 is 44.5 Å². The largest absolute Gasteiger partial charge is 0.394 e. The molecule has 12 heteroatoms. The number of halogens is 4. The molecule has 2 bridgehead atoms. The number of piperidine rings is 1. The van der Waals surface area contributed by atoms with Crippen LogP contribution in [0.25, 0.3) is 0 Å². The van der Waals surface area contributed by atoms with E-state index in [0.717, 1.165) is 18.9 Å². The highest BCUT2D eigenvalue weighted by Crippen LogP contribution is 2.41. The van der Waals surface area contributed by atoms with Crippen LogP contribution in [0.2, 0.25) is 5.02 Å². The molecule has 0 aliphatic carbocycles. The molecule has 1 amide bonds. The number of amides is 1. The number of hydrogen-bond donors (Lipinski definition) is 3. The van der Waals surface area contributed by atoms with Crippen LogP contribution in [-0.4, -0.2) is 66.0 Å². The molecule has 2 aromatic rings. The molecule has 4 rings (SSSR count). The van der Waals surface area contributed by atoms with Crippen molar-refractivity contribution in [3.63, 3.8) is 0 Å². The minimum atomic E-state index is -3.94. The summed E-state index contributed by atoms with van der Waals surface area (Å²) in [7, 11) is -3.94. The lowest BCUT2D eigenvalue weighted by Gasteiger charge is -2.39. The molecule has 3 N–H and O–H groups in total. The summed E-state index contributed by atoms with van der Waals surface area (Å²) in [5, 5.41) is 20.4. The number of nitrogens with one attached hydrogen (secondary N) is 1. The third kappa shape index (κ3) is 5.19. The minimum absolute atomic E-state index is 0.0640. The zero-order chi connectivity index (χ0) is 25.5. The highest BCUT2D eigenvalue weighted by molar-refractivity contribution is 7.92. The van der Waals surface area contributed by atoms with Gasteiger partial charge in [-0.1, -0.05) is 11.6 Å². The zero-order valence-electron chi connectivity index (χ0n) is 18.4. The van der Waals surface area contributed by atoms with Crippen molar-refractivity contribution in [3.8, 4) is 0 Å². The standard InChI is InChI=1S/C23H24ClF3N2O5S/c24-18-4-1-12(23(32)28-13-6-19(25)22(27)20(26)7-13)5-21(18)35(33,34)17-8-14-2-3-15(9-17)29(14)10-16(31)11-30/h1,4-7,14-17,30-31H,2-3,8-11H2,(H,28,32)/t14?,15?,16-,17?/m0/s1. The number of rotatable bonds is 7. The molecule has 2 fully saturated rings. The maximum atomic E-state index is 13.5. The van der Waals surface area contributed by atoms with E-state index in [4.69, 9.17) is 16.7 Å². The van der Waals surface area contributed by atoms with Crippen molar-refractivity contribution < 1.29 is 36.6 Å². The van der Waals surface area contributed by atoms with Crippen LogP contribution in [0.4, 0.5) is 18.9 Å². The third-order valence-electron chi connectivity index (χ3n) is 6.65. The second-order valence-electron chi connectivity index (χ2n) is 8.91. The first-order valence-corrected chi connectivity index (χ1v) is 13.0. The number of aliphatic hydroxyl groups excluding tert-OH is 2. The number of nitrogens with zero attached hydrogens (tertiary/aromatic N) is 1. The number of aliphatic hydroxyl groups is 2. The van der Waals surface area contributed by atoms with Crippen LogP contribution in [0.15, 0.2) is 35.2 Å². The smallest absolute Gasteiger partial charge is 0.255 e. The first-order chi connectivity index (χ1) is 16.5. The highest BCUT2D eigenvalue weighted by Gasteiger charge is 2.46. The van der Waals surface area contributed by atoms with Gasteiger partial charge in [0.1, 0.15) is 0 Å². The number of sulfone groups is 1. The van der Waals surface area contributed by atoms with Gasteiger partial charge in [0.2, 0.25) is 0 Å². The lowest BCUT2D eigenvalue weighted by Crippen LogP contribution is -2.50. The van der Waals surface area contributed by atoms with Crippen molar-refractivity contribution in [1.82, 2.24) is 4.90 Å². The first kappa shape index (κ1) is 25.9. The van der Waals surface area contributed by atoms with Gasteiger partial charge in [0.15, 0.2) is 27.3 Å². The Morgan fingerprint density at radius 2 is 1.71 bits per heavy atom. The quantitative estimate of drug-likeness (QED) is 0.473. The van der Waals surface area contributed by atoms with Crippen LogP contribution in [0, 0.1) is 17.5 Å². The number of fused-ring (bicyclic) bond motifs is 2. The predicted molar refractivity (Wildman–Crippen MR) is 123 cm³/mol. The molecule has 2 aliphatic rings. The van der Waals surface area contributed by atoms with Crippen LogP contribution in [0.1, 0.15) is 36.0 Å². The lowest BCUT2D eigenvalue weighted by molar-refractivity contribution is 0.0302. The van der Waals surface area contributed by atoms with Gasteiger partial charge < -0.3 is 15.5 Å². The molecule has 0 aromatic heterocycles. The van der Waals surface area contributed by atoms with E-state index in [2.05, 4.69) is 5.32 Å². The molecule has 35 heavy (non-hydrogen) atoms. The van der Waals surface area contributed by atoms with E-state index in [1.165, 1.54) is 12.1 Å². The Morgan fingerprint density at radius 3 is 2.29 bits per heavy atom. The molecule has 0 radical (unpaired) electrons. The number of carbonyl (C=O) groups excluding carboxylic acids is 1. The molecule has 2 aliphatic heterocycles. The maximum Gasteiger partial charge on any atom is 0.255 e. The summed E-state index contributed by atoms with van der Waals surface area (Å²) >= 11 is 6.21. The molecule has 2 heterocycles. The minimum Gasteiger partial charge on any atom is -0.394 e. The molecule has 3 atom stereocenters. The van der Waals surface area contributed by atoms with Crippen molar-refractivity contribution >= 4 is 33.0 Å². The van der Waals surface area contributed by atoms with Crippen molar-refractivity contribution in [2.45, 2.75) is 54.0 Å². The van der Waals surface area contributed by atoms with Gasteiger partial charge in [0.25, 0.3) is 5.91 Å². The number of carbonyl (C=O) groups is 1. The predicted octanol–water partition coefficient (Wildman–Crippen LogP) is 3.13. The Labute approximate surface area is 205 Å².